The fourth-order valence-corrected chi connectivity index (χ4v) is 4.30. The Bertz CT molecular complexity index is 999. The van der Waals surface area contributed by atoms with E-state index < -0.39 is 0 Å². The molecule has 0 atom stereocenters. The maximum absolute atomic E-state index is 12.8. The second-order valence-corrected chi connectivity index (χ2v) is 8.24. The normalized spacial score (nSPS) is 18.7. The van der Waals surface area contributed by atoms with Crippen molar-refractivity contribution >= 4 is 5.91 Å². The summed E-state index contributed by atoms with van der Waals surface area (Å²) in [4.78, 5) is 27.8. The van der Waals surface area contributed by atoms with E-state index in [-0.39, 0.29) is 11.3 Å². The van der Waals surface area contributed by atoms with E-state index >= 15 is 0 Å². The highest BCUT2D eigenvalue weighted by molar-refractivity contribution is 5.90. The fraction of sp³-hybridized carbons (Fsp3) is 0.476. The number of amides is 1. The van der Waals surface area contributed by atoms with Gasteiger partial charge in [0.1, 0.15) is 0 Å². The largest absolute Gasteiger partial charge is 0.336 e. The minimum atomic E-state index is -0.131. The lowest BCUT2D eigenvalue weighted by Gasteiger charge is -2.40. The summed E-state index contributed by atoms with van der Waals surface area (Å²) in [6.07, 6.45) is 12.2. The van der Waals surface area contributed by atoms with Crippen molar-refractivity contribution in [1.29, 1.82) is 0 Å². The summed E-state index contributed by atoms with van der Waals surface area (Å²) in [5.74, 6) is 2.52. The van der Waals surface area contributed by atoms with Crippen molar-refractivity contribution in [2.75, 3.05) is 13.1 Å². The summed E-state index contributed by atoms with van der Waals surface area (Å²) >= 11 is 0. The van der Waals surface area contributed by atoms with Crippen molar-refractivity contribution < 1.29 is 9.32 Å². The molecule has 8 heteroatoms. The molecule has 0 radical (unpaired) electrons. The van der Waals surface area contributed by atoms with Crippen LogP contribution >= 0.6 is 0 Å². The third-order valence-corrected chi connectivity index (χ3v) is 6.22. The van der Waals surface area contributed by atoms with E-state index in [0.717, 1.165) is 36.6 Å². The van der Waals surface area contributed by atoms with E-state index in [1.807, 2.05) is 24.1 Å². The summed E-state index contributed by atoms with van der Waals surface area (Å²) in [6.45, 7) is 1.36. The van der Waals surface area contributed by atoms with Crippen LogP contribution in [0.15, 0.2) is 41.4 Å². The van der Waals surface area contributed by atoms with Crippen molar-refractivity contribution in [3.05, 3.63) is 48.6 Å². The molecule has 1 aliphatic carbocycles. The van der Waals surface area contributed by atoms with E-state index in [4.69, 9.17) is 9.51 Å². The smallest absolute Gasteiger partial charge is 0.289 e. The highest BCUT2D eigenvalue weighted by Crippen LogP contribution is 2.46. The molecule has 2 aliphatic rings. The van der Waals surface area contributed by atoms with Gasteiger partial charge in [-0.15, -0.1) is 0 Å². The van der Waals surface area contributed by atoms with Gasteiger partial charge in [0.05, 0.1) is 0 Å². The van der Waals surface area contributed by atoms with E-state index in [9.17, 15) is 4.79 Å². The number of aromatic nitrogens is 5. The number of nitrogens with zero attached hydrogens (tertiary/aromatic N) is 6. The molecule has 3 aromatic rings. The topological polar surface area (TPSA) is 89.9 Å². The Hall–Kier alpha value is -3.03. The number of pyridine rings is 1. The van der Waals surface area contributed by atoms with Crippen LogP contribution in [0.4, 0.5) is 0 Å². The Morgan fingerprint density at radius 3 is 2.62 bits per heavy atom. The van der Waals surface area contributed by atoms with E-state index in [1.165, 1.54) is 12.8 Å². The van der Waals surface area contributed by atoms with Crippen molar-refractivity contribution in [3.8, 4) is 11.5 Å². The molecule has 5 rings (SSSR count). The van der Waals surface area contributed by atoms with E-state index in [0.29, 0.717) is 24.8 Å². The van der Waals surface area contributed by atoms with Crippen molar-refractivity contribution in [1.82, 2.24) is 29.6 Å². The Balaban J connectivity index is 1.37. The minimum absolute atomic E-state index is 0.0110. The van der Waals surface area contributed by atoms with Crippen LogP contribution < -0.4 is 0 Å². The number of hydrogen-bond acceptors (Lipinski definition) is 6. The van der Waals surface area contributed by atoms with Crippen LogP contribution in [0, 0.1) is 5.92 Å². The van der Waals surface area contributed by atoms with Crippen molar-refractivity contribution in [3.63, 3.8) is 0 Å². The second kappa shape index (κ2) is 7.09. The highest BCUT2D eigenvalue weighted by atomic mass is 16.5. The summed E-state index contributed by atoms with van der Waals surface area (Å²) in [5.41, 5.74) is 0.747. The molecule has 0 aromatic carbocycles. The molecule has 0 bridgehead atoms. The number of imidazole rings is 1. The first-order chi connectivity index (χ1) is 14.1. The number of rotatable bonds is 5. The maximum atomic E-state index is 12.8. The molecule has 8 nitrogen and oxygen atoms in total. The number of hydrogen-bond donors (Lipinski definition) is 0. The first-order valence-electron chi connectivity index (χ1n) is 10.2. The van der Waals surface area contributed by atoms with Crippen LogP contribution in [-0.4, -0.2) is 48.6 Å². The second-order valence-electron chi connectivity index (χ2n) is 8.24. The van der Waals surface area contributed by atoms with Crippen LogP contribution in [0.25, 0.3) is 11.5 Å². The quantitative estimate of drug-likeness (QED) is 0.663. The summed E-state index contributed by atoms with van der Waals surface area (Å²) < 4.78 is 7.37. The fourth-order valence-electron chi connectivity index (χ4n) is 4.30. The summed E-state index contributed by atoms with van der Waals surface area (Å²) in [5, 5.41) is 4.38. The molecule has 4 heterocycles. The minimum Gasteiger partial charge on any atom is -0.336 e. The lowest BCUT2D eigenvalue weighted by atomic mass is 9.73. The molecule has 1 aliphatic heterocycles. The monoisotopic (exact) mass is 392 g/mol. The Labute approximate surface area is 169 Å². The average Bonchev–Trinajstić information content (AvgIpc) is 3.24. The third kappa shape index (κ3) is 3.43. The van der Waals surface area contributed by atoms with Crippen LogP contribution in [-0.2, 0) is 12.5 Å². The lowest BCUT2D eigenvalue weighted by molar-refractivity contribution is 0.0630. The van der Waals surface area contributed by atoms with Gasteiger partial charge in [-0.1, -0.05) is 18.0 Å². The van der Waals surface area contributed by atoms with Gasteiger partial charge in [-0.2, -0.15) is 4.98 Å². The van der Waals surface area contributed by atoms with Gasteiger partial charge in [0, 0.05) is 55.9 Å². The van der Waals surface area contributed by atoms with Gasteiger partial charge in [-0.05, 0) is 37.3 Å². The average molecular weight is 392 g/mol. The molecule has 150 valence electrons. The van der Waals surface area contributed by atoms with Gasteiger partial charge in [-0.25, -0.2) is 4.98 Å². The number of piperidine rings is 1. The number of carbonyl (C=O) groups is 1. The molecule has 0 unspecified atom stereocenters. The van der Waals surface area contributed by atoms with Gasteiger partial charge >= 0.3 is 0 Å². The van der Waals surface area contributed by atoms with Crippen LogP contribution in [0.1, 0.15) is 48.5 Å². The first-order valence-corrected chi connectivity index (χ1v) is 10.2. The molecule has 1 saturated carbocycles. The Morgan fingerprint density at radius 2 is 1.97 bits per heavy atom. The molecular formula is C21H24N6O2. The van der Waals surface area contributed by atoms with Gasteiger partial charge in [0.2, 0.25) is 0 Å². The van der Waals surface area contributed by atoms with Crippen molar-refractivity contribution in [2.45, 2.75) is 37.5 Å². The number of carbonyl (C=O) groups excluding carboxylic acids is 1. The number of likely N-dealkylation sites (tertiary alicyclic amines) is 1. The molecule has 29 heavy (non-hydrogen) atoms. The molecule has 2 fully saturated rings. The van der Waals surface area contributed by atoms with Gasteiger partial charge < -0.3 is 14.0 Å². The standard InChI is InChI=1S/C21H24N6O2/c1-26-13-10-23-17(26)19(28)27-11-6-21(7-12-27,14-15-2-3-15)20-24-18(29-25-20)16-4-8-22-9-5-16/h4-5,8-10,13,15H,2-3,6-7,11-12,14H2,1H3. The van der Waals surface area contributed by atoms with E-state index in [1.54, 1.807) is 29.4 Å². The molecule has 3 aromatic heterocycles. The van der Waals surface area contributed by atoms with Gasteiger partial charge in [-0.3, -0.25) is 9.78 Å². The third-order valence-electron chi connectivity index (χ3n) is 6.22. The number of aryl methyl sites for hydroxylation is 1. The van der Waals surface area contributed by atoms with Crippen LogP contribution in [0.3, 0.4) is 0 Å². The zero-order chi connectivity index (χ0) is 19.8. The summed E-state index contributed by atoms with van der Waals surface area (Å²) in [6, 6.07) is 3.75. The van der Waals surface area contributed by atoms with Crippen LogP contribution in [0.2, 0.25) is 0 Å². The van der Waals surface area contributed by atoms with Crippen LogP contribution in [0.5, 0.6) is 0 Å². The predicted octanol–water partition coefficient (Wildman–Crippen LogP) is 2.84. The lowest BCUT2D eigenvalue weighted by Crippen LogP contribution is -2.46. The first kappa shape index (κ1) is 18.0. The zero-order valence-electron chi connectivity index (χ0n) is 16.5. The maximum Gasteiger partial charge on any atom is 0.289 e. The van der Waals surface area contributed by atoms with E-state index in [2.05, 4.69) is 15.1 Å². The zero-order valence-corrected chi connectivity index (χ0v) is 16.5. The van der Waals surface area contributed by atoms with Gasteiger partial charge in [0.25, 0.3) is 11.8 Å². The molecule has 0 N–H and O–H groups in total. The summed E-state index contributed by atoms with van der Waals surface area (Å²) in [7, 11) is 1.85. The Morgan fingerprint density at radius 1 is 1.21 bits per heavy atom. The molecule has 1 saturated heterocycles. The Kier molecular flexibility index (Phi) is 4.41. The highest BCUT2D eigenvalue weighted by Gasteiger charge is 2.45. The van der Waals surface area contributed by atoms with Crippen molar-refractivity contribution in [2.24, 2.45) is 13.0 Å². The SMILES string of the molecule is Cn1ccnc1C(=O)N1CCC(CC2CC2)(c2noc(-c3ccncc3)n2)CC1. The molecule has 0 spiro atoms. The predicted molar refractivity (Wildman–Crippen MR) is 105 cm³/mol. The van der Waals surface area contributed by atoms with Gasteiger partial charge in [0.15, 0.2) is 11.6 Å². The molecular weight excluding hydrogens is 368 g/mol. The molecule has 1 amide bonds.